The van der Waals surface area contributed by atoms with E-state index < -0.39 is 23.2 Å². The molecule has 0 aliphatic rings. The average Bonchev–Trinajstić information content (AvgIpc) is 3.40. The molecule has 0 fully saturated rings. The number of imidazole rings is 1. The molecule has 0 amide bonds. The van der Waals surface area contributed by atoms with Gasteiger partial charge >= 0.3 is 11.8 Å². The Labute approximate surface area is 179 Å². The molecule has 32 heavy (non-hydrogen) atoms. The van der Waals surface area contributed by atoms with Crippen molar-refractivity contribution >= 4 is 17.5 Å². The highest BCUT2D eigenvalue weighted by Gasteiger charge is 2.31. The molecule has 11 heteroatoms. The van der Waals surface area contributed by atoms with E-state index >= 15 is 0 Å². The van der Waals surface area contributed by atoms with Crippen molar-refractivity contribution in [3.05, 3.63) is 60.3 Å². The summed E-state index contributed by atoms with van der Waals surface area (Å²) in [5.74, 6) is -1.43. The van der Waals surface area contributed by atoms with Gasteiger partial charge in [-0.25, -0.2) is 8.78 Å². The third-order valence-corrected chi connectivity index (χ3v) is 4.89. The van der Waals surface area contributed by atoms with Gasteiger partial charge in [-0.3, -0.25) is 9.20 Å². The molecule has 5 aromatic rings. The number of benzene rings is 1. The first-order valence-corrected chi connectivity index (χ1v) is 9.58. The van der Waals surface area contributed by atoms with Crippen LogP contribution in [-0.4, -0.2) is 35.2 Å². The van der Waals surface area contributed by atoms with E-state index in [1.54, 1.807) is 36.6 Å². The molecule has 0 bridgehead atoms. The van der Waals surface area contributed by atoms with E-state index in [0.29, 0.717) is 22.9 Å². The molecule has 0 saturated carbocycles. The Bertz CT molecular complexity index is 1500. The average molecular weight is 438 g/mol. The van der Waals surface area contributed by atoms with Gasteiger partial charge in [-0.05, 0) is 38.1 Å². The van der Waals surface area contributed by atoms with Crippen molar-refractivity contribution in [2.45, 2.75) is 26.4 Å². The number of carbonyl (C=O) groups is 1. The lowest BCUT2D eigenvalue weighted by Gasteiger charge is -2.21. The van der Waals surface area contributed by atoms with Crippen molar-refractivity contribution in [2.75, 3.05) is 0 Å². The van der Waals surface area contributed by atoms with Crippen LogP contribution < -0.4 is 0 Å². The van der Waals surface area contributed by atoms with Crippen molar-refractivity contribution in [3.8, 4) is 22.6 Å². The summed E-state index contributed by atoms with van der Waals surface area (Å²) >= 11 is 0. The minimum absolute atomic E-state index is 0.0893. The third kappa shape index (κ3) is 3.09. The summed E-state index contributed by atoms with van der Waals surface area (Å²) in [6.45, 7) is 4.65. The number of esters is 1. The first kappa shape index (κ1) is 19.8. The molecule has 162 valence electrons. The third-order valence-electron chi connectivity index (χ3n) is 4.89. The highest BCUT2D eigenvalue weighted by Crippen LogP contribution is 2.34. The van der Waals surface area contributed by atoms with E-state index in [4.69, 9.17) is 9.15 Å². The van der Waals surface area contributed by atoms with Gasteiger partial charge in [0.1, 0.15) is 35.0 Å². The summed E-state index contributed by atoms with van der Waals surface area (Å²) in [4.78, 5) is 15.9. The summed E-state index contributed by atoms with van der Waals surface area (Å²) in [6.07, 6.45) is 3.05. The summed E-state index contributed by atoms with van der Waals surface area (Å²) < 4.78 is 41.9. The van der Waals surface area contributed by atoms with E-state index in [-0.39, 0.29) is 17.1 Å². The number of carbonyl (C=O) groups excluding carboxylic acids is 1. The van der Waals surface area contributed by atoms with Crippen molar-refractivity contribution in [1.29, 1.82) is 0 Å². The number of oxazole rings is 1. The zero-order valence-electron chi connectivity index (χ0n) is 17.2. The molecule has 4 aromatic heterocycles. The first-order valence-electron chi connectivity index (χ1n) is 9.58. The second-order valence-corrected chi connectivity index (χ2v) is 7.60. The molecule has 4 heterocycles. The number of hydrogen-bond acceptors (Lipinski definition) is 7. The summed E-state index contributed by atoms with van der Waals surface area (Å²) in [5.41, 5.74) is 0.446. The monoisotopic (exact) mass is 438 g/mol. The van der Waals surface area contributed by atoms with Crippen LogP contribution >= 0.6 is 0 Å². The molecule has 0 atom stereocenters. The standard InChI is InChI=1S/C21H16F2N6O3/c1-11(30)32-21(2,3)19-26-25-16-7-6-15(27-29(16)19)18-17(24-20-28(18)8-9-31-20)13-5-4-12(22)10-14(13)23/h4-10H,1-3H3. The predicted octanol–water partition coefficient (Wildman–Crippen LogP) is 3.78. The minimum Gasteiger partial charge on any atom is -0.452 e. The van der Waals surface area contributed by atoms with Crippen LogP contribution in [0.5, 0.6) is 0 Å². The Morgan fingerprint density at radius 1 is 1.16 bits per heavy atom. The molecule has 0 unspecified atom stereocenters. The fraction of sp³-hybridized carbons (Fsp3) is 0.190. The van der Waals surface area contributed by atoms with Crippen molar-refractivity contribution in [2.24, 2.45) is 0 Å². The van der Waals surface area contributed by atoms with Gasteiger partial charge in [0, 0.05) is 24.8 Å². The topological polar surface area (TPSA) is 99.8 Å². The van der Waals surface area contributed by atoms with Crippen LogP contribution in [-0.2, 0) is 15.1 Å². The highest BCUT2D eigenvalue weighted by molar-refractivity contribution is 5.80. The predicted molar refractivity (Wildman–Crippen MR) is 107 cm³/mol. The van der Waals surface area contributed by atoms with Gasteiger partial charge in [-0.15, -0.1) is 10.2 Å². The van der Waals surface area contributed by atoms with Gasteiger partial charge in [-0.2, -0.15) is 14.6 Å². The molecule has 0 aliphatic carbocycles. The maximum Gasteiger partial charge on any atom is 0.306 e. The normalized spacial score (nSPS) is 12.0. The Kier molecular flexibility index (Phi) is 4.29. The van der Waals surface area contributed by atoms with E-state index in [2.05, 4.69) is 20.3 Å². The van der Waals surface area contributed by atoms with Gasteiger partial charge in [0.25, 0.3) is 0 Å². The number of hydrogen-bond donors (Lipinski definition) is 0. The summed E-state index contributed by atoms with van der Waals surface area (Å²) in [5, 5.41) is 12.8. The van der Waals surface area contributed by atoms with Gasteiger partial charge in [0.05, 0.1) is 0 Å². The molecular formula is C21H16F2N6O3. The largest absolute Gasteiger partial charge is 0.452 e. The Hall–Kier alpha value is -4.15. The quantitative estimate of drug-likeness (QED) is 0.394. The van der Waals surface area contributed by atoms with Crippen LogP contribution in [0.3, 0.4) is 0 Å². The Balaban J connectivity index is 1.74. The molecule has 5 rings (SSSR count). The lowest BCUT2D eigenvalue weighted by molar-refractivity contribution is -0.155. The van der Waals surface area contributed by atoms with Crippen LogP contribution in [0.15, 0.2) is 47.2 Å². The second kappa shape index (κ2) is 6.94. The molecule has 0 radical (unpaired) electrons. The molecule has 0 spiro atoms. The van der Waals surface area contributed by atoms with Crippen molar-refractivity contribution in [3.63, 3.8) is 0 Å². The van der Waals surface area contributed by atoms with Gasteiger partial charge in [-0.1, -0.05) is 0 Å². The SMILES string of the molecule is CC(=O)OC(C)(C)c1nnc2ccc(-c3c(-c4ccc(F)cc4F)nc4occn34)nn12. The minimum atomic E-state index is -1.11. The number of halogens is 2. The maximum atomic E-state index is 14.6. The smallest absolute Gasteiger partial charge is 0.306 e. The fourth-order valence-corrected chi connectivity index (χ4v) is 3.60. The van der Waals surface area contributed by atoms with Crippen molar-refractivity contribution in [1.82, 2.24) is 29.2 Å². The number of ether oxygens (including phenoxy) is 1. The number of rotatable bonds is 4. The van der Waals surface area contributed by atoms with Crippen LogP contribution in [0.4, 0.5) is 8.78 Å². The lowest BCUT2D eigenvalue weighted by atomic mass is 10.1. The molecule has 0 N–H and O–H groups in total. The lowest BCUT2D eigenvalue weighted by Crippen LogP contribution is -2.27. The van der Waals surface area contributed by atoms with E-state index in [0.717, 1.165) is 12.1 Å². The molecule has 9 nitrogen and oxygen atoms in total. The zero-order valence-corrected chi connectivity index (χ0v) is 17.2. The number of fused-ring (bicyclic) bond motifs is 2. The summed E-state index contributed by atoms with van der Waals surface area (Å²) in [6, 6.07) is 6.60. The first-order chi connectivity index (χ1) is 15.2. The molecule has 0 aliphatic heterocycles. The van der Waals surface area contributed by atoms with E-state index in [1.807, 2.05) is 0 Å². The van der Waals surface area contributed by atoms with Crippen LogP contribution in [0, 0.1) is 11.6 Å². The fourth-order valence-electron chi connectivity index (χ4n) is 3.60. The molecular weight excluding hydrogens is 422 g/mol. The summed E-state index contributed by atoms with van der Waals surface area (Å²) in [7, 11) is 0. The highest BCUT2D eigenvalue weighted by atomic mass is 19.1. The van der Waals surface area contributed by atoms with Crippen LogP contribution in [0.1, 0.15) is 26.6 Å². The van der Waals surface area contributed by atoms with Gasteiger partial charge in [0.2, 0.25) is 0 Å². The van der Waals surface area contributed by atoms with E-state index in [1.165, 1.54) is 23.8 Å². The van der Waals surface area contributed by atoms with Crippen molar-refractivity contribution < 1.29 is 22.7 Å². The Morgan fingerprint density at radius 2 is 1.97 bits per heavy atom. The van der Waals surface area contributed by atoms with Crippen LogP contribution in [0.2, 0.25) is 0 Å². The second-order valence-electron chi connectivity index (χ2n) is 7.60. The van der Waals surface area contributed by atoms with E-state index in [9.17, 15) is 13.6 Å². The zero-order chi connectivity index (χ0) is 22.6. The maximum absolute atomic E-state index is 14.6. The molecule has 1 aromatic carbocycles. The Morgan fingerprint density at radius 3 is 2.72 bits per heavy atom. The molecule has 0 saturated heterocycles. The number of aromatic nitrogens is 6. The van der Waals surface area contributed by atoms with Gasteiger partial charge in [0.15, 0.2) is 17.1 Å². The van der Waals surface area contributed by atoms with Crippen LogP contribution in [0.25, 0.3) is 34.1 Å². The number of nitrogens with zero attached hydrogens (tertiary/aromatic N) is 6. The van der Waals surface area contributed by atoms with Gasteiger partial charge < -0.3 is 9.15 Å².